The molecule has 96 valence electrons. The third-order valence-corrected chi connectivity index (χ3v) is 3.20. The van der Waals surface area contributed by atoms with Crippen molar-refractivity contribution in [2.45, 2.75) is 5.60 Å². The molecule has 1 fully saturated rings. The van der Waals surface area contributed by atoms with Crippen LogP contribution in [0.3, 0.4) is 0 Å². The zero-order valence-corrected chi connectivity index (χ0v) is 10.1. The van der Waals surface area contributed by atoms with Gasteiger partial charge in [0.05, 0.1) is 6.61 Å². The van der Waals surface area contributed by atoms with E-state index in [-0.39, 0.29) is 11.6 Å². The molecule has 0 spiro atoms. The van der Waals surface area contributed by atoms with E-state index in [0.29, 0.717) is 12.2 Å². The first-order valence-corrected chi connectivity index (χ1v) is 6.03. The first-order chi connectivity index (χ1) is 9.20. The van der Waals surface area contributed by atoms with Gasteiger partial charge in [-0.2, -0.15) is 0 Å². The van der Waals surface area contributed by atoms with E-state index in [1.54, 1.807) is 30.3 Å². The molecule has 1 atom stereocenters. The van der Waals surface area contributed by atoms with Crippen LogP contribution in [0, 0.1) is 11.6 Å². The lowest BCUT2D eigenvalue weighted by atomic mass is 9.98. The van der Waals surface area contributed by atoms with Crippen molar-refractivity contribution in [3.63, 3.8) is 0 Å². The summed E-state index contributed by atoms with van der Waals surface area (Å²) in [6.45, 7) is 0.464. The van der Waals surface area contributed by atoms with Crippen LogP contribution in [0.25, 0.3) is 6.08 Å². The van der Waals surface area contributed by atoms with Crippen LogP contribution >= 0.6 is 0 Å². The largest absolute Gasteiger partial charge is 0.360 e. The van der Waals surface area contributed by atoms with E-state index in [1.807, 2.05) is 12.2 Å². The molecule has 19 heavy (non-hydrogen) atoms. The summed E-state index contributed by atoms with van der Waals surface area (Å²) in [6, 6.07) is 12.7. The zero-order valence-electron chi connectivity index (χ0n) is 10.1. The van der Waals surface area contributed by atoms with Crippen LogP contribution < -0.4 is 0 Å². The SMILES string of the molecule is Fc1ccc(C=CC2(c3ccccc3F)CO2)cc1. The van der Waals surface area contributed by atoms with Gasteiger partial charge in [-0.05, 0) is 29.8 Å². The highest BCUT2D eigenvalue weighted by Gasteiger charge is 2.45. The molecule has 0 aliphatic carbocycles. The van der Waals surface area contributed by atoms with Crippen molar-refractivity contribution in [2.24, 2.45) is 0 Å². The number of hydrogen-bond donors (Lipinski definition) is 0. The Labute approximate surface area is 110 Å². The minimum absolute atomic E-state index is 0.274. The monoisotopic (exact) mass is 258 g/mol. The Hall–Kier alpha value is -2.00. The molecule has 1 aliphatic heterocycles. The average Bonchev–Trinajstić information content (AvgIpc) is 3.20. The van der Waals surface area contributed by atoms with Crippen molar-refractivity contribution < 1.29 is 13.5 Å². The maximum atomic E-state index is 13.7. The summed E-state index contributed by atoms with van der Waals surface area (Å²) in [4.78, 5) is 0. The fourth-order valence-electron chi connectivity index (χ4n) is 2.03. The molecule has 1 aliphatic rings. The number of epoxide rings is 1. The molecule has 0 radical (unpaired) electrons. The molecule has 0 bridgehead atoms. The number of rotatable bonds is 3. The molecule has 0 saturated carbocycles. The zero-order chi connectivity index (χ0) is 13.3. The van der Waals surface area contributed by atoms with Gasteiger partial charge in [0.15, 0.2) is 0 Å². The predicted octanol–water partition coefficient (Wildman–Crippen LogP) is 3.90. The molecule has 0 N–H and O–H groups in total. The van der Waals surface area contributed by atoms with Gasteiger partial charge in [0.1, 0.15) is 17.2 Å². The van der Waals surface area contributed by atoms with Crippen LogP contribution in [-0.4, -0.2) is 6.61 Å². The Morgan fingerprint density at radius 2 is 1.68 bits per heavy atom. The molecule has 1 unspecified atom stereocenters. The average molecular weight is 258 g/mol. The molecular formula is C16H12F2O. The van der Waals surface area contributed by atoms with E-state index >= 15 is 0 Å². The summed E-state index contributed by atoms with van der Waals surface area (Å²) < 4.78 is 31.9. The lowest BCUT2D eigenvalue weighted by Crippen LogP contribution is -2.07. The highest BCUT2D eigenvalue weighted by Crippen LogP contribution is 2.41. The van der Waals surface area contributed by atoms with Crippen LogP contribution in [-0.2, 0) is 10.3 Å². The Kier molecular flexibility index (Phi) is 2.91. The molecule has 1 saturated heterocycles. The lowest BCUT2D eigenvalue weighted by Gasteiger charge is -2.08. The van der Waals surface area contributed by atoms with Gasteiger partial charge in [-0.3, -0.25) is 0 Å². The van der Waals surface area contributed by atoms with Crippen LogP contribution in [0.15, 0.2) is 54.6 Å². The second-order valence-corrected chi connectivity index (χ2v) is 4.54. The first kappa shape index (κ1) is 12.1. The van der Waals surface area contributed by atoms with Gasteiger partial charge in [0.25, 0.3) is 0 Å². The van der Waals surface area contributed by atoms with Crippen molar-refractivity contribution in [3.05, 3.63) is 77.4 Å². The second-order valence-electron chi connectivity index (χ2n) is 4.54. The number of ether oxygens (including phenoxy) is 1. The summed E-state index contributed by atoms with van der Waals surface area (Å²) >= 11 is 0. The molecule has 3 rings (SSSR count). The van der Waals surface area contributed by atoms with Crippen molar-refractivity contribution >= 4 is 6.08 Å². The molecule has 0 amide bonds. The van der Waals surface area contributed by atoms with E-state index in [2.05, 4.69) is 0 Å². The van der Waals surface area contributed by atoms with Gasteiger partial charge in [0, 0.05) is 5.56 Å². The lowest BCUT2D eigenvalue weighted by molar-refractivity contribution is 0.350. The van der Waals surface area contributed by atoms with E-state index in [4.69, 9.17) is 4.74 Å². The highest BCUT2D eigenvalue weighted by atomic mass is 19.1. The van der Waals surface area contributed by atoms with Gasteiger partial charge in [0.2, 0.25) is 0 Å². The van der Waals surface area contributed by atoms with Crippen LogP contribution in [0.4, 0.5) is 8.78 Å². The van der Waals surface area contributed by atoms with Gasteiger partial charge < -0.3 is 4.74 Å². The van der Waals surface area contributed by atoms with Gasteiger partial charge in [-0.15, -0.1) is 0 Å². The summed E-state index contributed by atoms with van der Waals surface area (Å²) in [6.07, 6.45) is 3.64. The Morgan fingerprint density at radius 1 is 1.00 bits per heavy atom. The maximum absolute atomic E-state index is 13.7. The summed E-state index contributed by atoms with van der Waals surface area (Å²) in [5, 5.41) is 0. The minimum atomic E-state index is -0.667. The van der Waals surface area contributed by atoms with E-state index in [9.17, 15) is 8.78 Å². The fraction of sp³-hybridized carbons (Fsp3) is 0.125. The molecule has 0 aromatic heterocycles. The Balaban J connectivity index is 1.87. The van der Waals surface area contributed by atoms with E-state index in [1.165, 1.54) is 18.2 Å². The summed E-state index contributed by atoms with van der Waals surface area (Å²) in [7, 11) is 0. The summed E-state index contributed by atoms with van der Waals surface area (Å²) in [5.41, 5.74) is 0.723. The second kappa shape index (κ2) is 4.59. The molecular weight excluding hydrogens is 246 g/mol. The van der Waals surface area contributed by atoms with Crippen LogP contribution in [0.5, 0.6) is 0 Å². The molecule has 2 aromatic rings. The quantitative estimate of drug-likeness (QED) is 0.760. The fourth-order valence-corrected chi connectivity index (χ4v) is 2.03. The maximum Gasteiger partial charge on any atom is 0.138 e. The Morgan fingerprint density at radius 3 is 2.32 bits per heavy atom. The first-order valence-electron chi connectivity index (χ1n) is 6.03. The molecule has 1 heterocycles. The molecule has 1 nitrogen and oxygen atoms in total. The summed E-state index contributed by atoms with van der Waals surface area (Å²) in [5.74, 6) is -0.549. The van der Waals surface area contributed by atoms with Gasteiger partial charge >= 0.3 is 0 Å². The highest BCUT2D eigenvalue weighted by molar-refractivity contribution is 5.53. The standard InChI is InChI=1S/C16H12F2O/c17-13-7-5-12(6-8-13)9-10-16(11-19-16)14-3-1-2-4-15(14)18/h1-10H,11H2. The van der Waals surface area contributed by atoms with Crippen molar-refractivity contribution in [2.75, 3.05) is 6.61 Å². The Bertz CT molecular complexity index is 613. The van der Waals surface area contributed by atoms with Gasteiger partial charge in [-0.1, -0.05) is 36.4 Å². The third-order valence-electron chi connectivity index (χ3n) is 3.20. The van der Waals surface area contributed by atoms with Crippen molar-refractivity contribution in [3.8, 4) is 0 Å². The molecule has 2 aromatic carbocycles. The number of halogens is 2. The number of hydrogen-bond acceptors (Lipinski definition) is 1. The molecule has 3 heteroatoms. The number of benzene rings is 2. The smallest absolute Gasteiger partial charge is 0.138 e. The normalized spacial score (nSPS) is 21.8. The van der Waals surface area contributed by atoms with Gasteiger partial charge in [-0.25, -0.2) is 8.78 Å². The van der Waals surface area contributed by atoms with E-state index < -0.39 is 5.60 Å². The topological polar surface area (TPSA) is 12.5 Å². The van der Waals surface area contributed by atoms with Crippen LogP contribution in [0.1, 0.15) is 11.1 Å². The van der Waals surface area contributed by atoms with Crippen molar-refractivity contribution in [1.29, 1.82) is 0 Å². The van der Waals surface area contributed by atoms with Crippen molar-refractivity contribution in [1.82, 2.24) is 0 Å². The van der Waals surface area contributed by atoms with Crippen LogP contribution in [0.2, 0.25) is 0 Å². The third kappa shape index (κ3) is 2.42. The predicted molar refractivity (Wildman–Crippen MR) is 69.5 cm³/mol. The van der Waals surface area contributed by atoms with E-state index in [0.717, 1.165) is 5.56 Å². The minimum Gasteiger partial charge on any atom is -0.360 e.